The molecule has 0 unspecified atom stereocenters. The van der Waals surface area contributed by atoms with Crippen LogP contribution in [0.5, 0.6) is 0 Å². The number of nitrogens with zero attached hydrogens (tertiary/aromatic N) is 4. The third-order valence-corrected chi connectivity index (χ3v) is 3.80. The highest BCUT2D eigenvalue weighted by Gasteiger charge is 2.27. The van der Waals surface area contributed by atoms with Crippen LogP contribution in [0.15, 0.2) is 30.3 Å². The molecular weight excluding hydrogens is 280 g/mol. The first-order valence-electron chi connectivity index (χ1n) is 7.46. The number of benzene rings is 1. The van der Waals surface area contributed by atoms with Crippen molar-refractivity contribution in [2.24, 2.45) is 0 Å². The summed E-state index contributed by atoms with van der Waals surface area (Å²) in [4.78, 5) is 11.1. The summed E-state index contributed by atoms with van der Waals surface area (Å²) in [7, 11) is 1.41. The van der Waals surface area contributed by atoms with Crippen LogP contribution in [0.1, 0.15) is 44.5 Å². The first-order chi connectivity index (χ1) is 10.6. The van der Waals surface area contributed by atoms with Crippen molar-refractivity contribution in [3.8, 4) is 0 Å². The van der Waals surface area contributed by atoms with Gasteiger partial charge in [-0.1, -0.05) is 30.3 Å². The summed E-state index contributed by atoms with van der Waals surface area (Å²) in [6, 6.07) is 10.2. The van der Waals surface area contributed by atoms with Crippen LogP contribution >= 0.6 is 0 Å². The molecule has 0 aliphatic carbocycles. The number of aromatic nitrogens is 4. The van der Waals surface area contributed by atoms with Crippen molar-refractivity contribution >= 4 is 5.97 Å². The molecule has 22 heavy (non-hydrogen) atoms. The zero-order valence-corrected chi connectivity index (χ0v) is 13.3. The second-order valence-corrected chi connectivity index (χ2v) is 5.72. The summed E-state index contributed by atoms with van der Waals surface area (Å²) in [6.07, 6.45) is 2.78. The minimum absolute atomic E-state index is 0.177. The first kappa shape index (κ1) is 16.1. The number of ether oxygens (including phenoxy) is 1. The van der Waals surface area contributed by atoms with E-state index in [1.807, 2.05) is 22.9 Å². The van der Waals surface area contributed by atoms with Crippen molar-refractivity contribution in [1.29, 1.82) is 0 Å². The van der Waals surface area contributed by atoms with Gasteiger partial charge in [-0.15, -0.1) is 5.10 Å². The third kappa shape index (κ3) is 3.69. The van der Waals surface area contributed by atoms with Gasteiger partial charge < -0.3 is 4.74 Å². The molecule has 1 aromatic heterocycles. The average Bonchev–Trinajstić information content (AvgIpc) is 3.01. The molecule has 2 aromatic rings. The largest absolute Gasteiger partial charge is 0.469 e. The predicted octanol–water partition coefficient (Wildman–Crippen LogP) is 2.34. The molecule has 0 saturated carbocycles. The Bertz CT molecular complexity index is 608. The summed E-state index contributed by atoms with van der Waals surface area (Å²) in [6.45, 7) is 4.19. The number of carbonyl (C=O) groups is 1. The van der Waals surface area contributed by atoms with Crippen molar-refractivity contribution < 1.29 is 9.53 Å². The molecule has 0 radical (unpaired) electrons. The third-order valence-electron chi connectivity index (χ3n) is 3.80. The Morgan fingerprint density at radius 1 is 1.23 bits per heavy atom. The van der Waals surface area contributed by atoms with Gasteiger partial charge in [0, 0.05) is 12.8 Å². The van der Waals surface area contributed by atoms with Crippen molar-refractivity contribution in [2.75, 3.05) is 7.11 Å². The molecule has 0 N–H and O–H groups in total. The Morgan fingerprint density at radius 2 is 1.95 bits per heavy atom. The first-order valence-corrected chi connectivity index (χ1v) is 7.46. The predicted molar refractivity (Wildman–Crippen MR) is 82.3 cm³/mol. The summed E-state index contributed by atoms with van der Waals surface area (Å²) in [5.74, 6) is 0.655. The van der Waals surface area contributed by atoms with Crippen molar-refractivity contribution in [3.05, 3.63) is 41.7 Å². The highest BCUT2D eigenvalue weighted by atomic mass is 16.5. The molecule has 2 rings (SSSR count). The van der Waals surface area contributed by atoms with Crippen LogP contribution < -0.4 is 0 Å². The van der Waals surface area contributed by atoms with Crippen LogP contribution in [0.25, 0.3) is 0 Å². The van der Waals surface area contributed by atoms with Crippen LogP contribution in [-0.4, -0.2) is 33.3 Å². The maximum absolute atomic E-state index is 11.1. The normalized spacial score (nSPS) is 11.4. The standard InChI is InChI=1S/C16H22N4O2/c1-16(2,13-9-5-4-6-10-13)20-14(17-18-19-20)11-7-8-12-15(21)22-3/h4-6,9-10H,7-8,11-12H2,1-3H3. The van der Waals surface area contributed by atoms with E-state index in [1.54, 1.807) is 0 Å². The fourth-order valence-electron chi connectivity index (χ4n) is 2.42. The molecule has 1 aromatic carbocycles. The molecule has 0 aliphatic rings. The summed E-state index contributed by atoms with van der Waals surface area (Å²) < 4.78 is 6.50. The van der Waals surface area contributed by atoms with E-state index in [4.69, 9.17) is 0 Å². The number of hydrogen-bond donors (Lipinski definition) is 0. The molecule has 0 bridgehead atoms. The Kier molecular flexibility index (Phi) is 5.25. The molecule has 6 nitrogen and oxygen atoms in total. The lowest BCUT2D eigenvalue weighted by atomic mass is 9.94. The van der Waals surface area contributed by atoms with E-state index in [0.717, 1.165) is 30.7 Å². The van der Waals surface area contributed by atoms with Gasteiger partial charge in [-0.25, -0.2) is 4.68 Å². The van der Waals surface area contributed by atoms with E-state index in [9.17, 15) is 4.79 Å². The van der Waals surface area contributed by atoms with Gasteiger partial charge in [0.2, 0.25) is 0 Å². The number of hydrogen-bond acceptors (Lipinski definition) is 5. The van der Waals surface area contributed by atoms with Crippen LogP contribution in [0.2, 0.25) is 0 Å². The molecule has 0 atom stereocenters. The molecule has 1 heterocycles. The van der Waals surface area contributed by atoms with Crippen LogP contribution in [-0.2, 0) is 21.5 Å². The van der Waals surface area contributed by atoms with Gasteiger partial charge in [0.1, 0.15) is 0 Å². The van der Waals surface area contributed by atoms with Gasteiger partial charge in [0.05, 0.1) is 12.6 Å². The van der Waals surface area contributed by atoms with Crippen molar-refractivity contribution in [2.45, 2.75) is 45.1 Å². The topological polar surface area (TPSA) is 69.9 Å². The fourth-order valence-corrected chi connectivity index (χ4v) is 2.42. The van der Waals surface area contributed by atoms with E-state index in [1.165, 1.54) is 7.11 Å². The quantitative estimate of drug-likeness (QED) is 0.580. The summed E-state index contributed by atoms with van der Waals surface area (Å²) in [5, 5.41) is 12.1. The highest BCUT2D eigenvalue weighted by molar-refractivity contribution is 5.68. The monoisotopic (exact) mass is 302 g/mol. The zero-order valence-electron chi connectivity index (χ0n) is 13.3. The zero-order chi connectivity index (χ0) is 16.0. The number of rotatable bonds is 7. The Balaban J connectivity index is 2.04. The number of tetrazole rings is 1. The van der Waals surface area contributed by atoms with Gasteiger partial charge in [-0.05, 0) is 42.7 Å². The van der Waals surface area contributed by atoms with Gasteiger partial charge in [-0.3, -0.25) is 4.79 Å². The number of methoxy groups -OCH3 is 1. The smallest absolute Gasteiger partial charge is 0.305 e. The number of carbonyl (C=O) groups excluding carboxylic acids is 1. The molecule has 0 saturated heterocycles. The second-order valence-electron chi connectivity index (χ2n) is 5.72. The lowest BCUT2D eigenvalue weighted by molar-refractivity contribution is -0.140. The molecule has 0 amide bonds. The molecule has 118 valence electrons. The van der Waals surface area contributed by atoms with Gasteiger partial charge >= 0.3 is 5.97 Å². The van der Waals surface area contributed by atoms with E-state index >= 15 is 0 Å². The highest BCUT2D eigenvalue weighted by Crippen LogP contribution is 2.25. The lowest BCUT2D eigenvalue weighted by Crippen LogP contribution is -2.30. The Labute approximate surface area is 130 Å². The SMILES string of the molecule is COC(=O)CCCCc1nnnn1C(C)(C)c1ccccc1. The molecular formula is C16H22N4O2. The Hall–Kier alpha value is -2.24. The van der Waals surface area contributed by atoms with Crippen LogP contribution in [0, 0.1) is 0 Å². The fraction of sp³-hybridized carbons (Fsp3) is 0.500. The summed E-state index contributed by atoms with van der Waals surface area (Å²) in [5.41, 5.74) is 0.834. The lowest BCUT2D eigenvalue weighted by Gasteiger charge is -2.26. The van der Waals surface area contributed by atoms with Crippen molar-refractivity contribution in [3.63, 3.8) is 0 Å². The molecule has 0 aliphatic heterocycles. The minimum Gasteiger partial charge on any atom is -0.469 e. The summed E-state index contributed by atoms with van der Waals surface area (Å²) >= 11 is 0. The molecule has 0 fully saturated rings. The van der Waals surface area contributed by atoms with Gasteiger partial charge in [0.25, 0.3) is 0 Å². The van der Waals surface area contributed by atoms with Crippen molar-refractivity contribution in [1.82, 2.24) is 20.2 Å². The second kappa shape index (κ2) is 7.15. The number of aryl methyl sites for hydroxylation is 1. The van der Waals surface area contributed by atoms with E-state index < -0.39 is 0 Å². The van der Waals surface area contributed by atoms with E-state index in [-0.39, 0.29) is 11.5 Å². The van der Waals surface area contributed by atoms with Gasteiger partial charge in [0.15, 0.2) is 5.82 Å². The molecule has 6 heteroatoms. The van der Waals surface area contributed by atoms with E-state index in [0.29, 0.717) is 6.42 Å². The molecule has 0 spiro atoms. The average molecular weight is 302 g/mol. The maximum atomic E-state index is 11.1. The van der Waals surface area contributed by atoms with Gasteiger partial charge in [-0.2, -0.15) is 0 Å². The van der Waals surface area contributed by atoms with Crippen LogP contribution in [0.4, 0.5) is 0 Å². The van der Waals surface area contributed by atoms with E-state index in [2.05, 4.69) is 46.2 Å². The minimum atomic E-state index is -0.317. The Morgan fingerprint density at radius 3 is 2.64 bits per heavy atom. The van der Waals surface area contributed by atoms with Crippen LogP contribution in [0.3, 0.4) is 0 Å². The number of unbranched alkanes of at least 4 members (excludes halogenated alkanes) is 1. The number of esters is 1. The maximum Gasteiger partial charge on any atom is 0.305 e.